The Labute approximate surface area is 129 Å². The molecule has 1 aromatic carbocycles. The Bertz CT molecular complexity index is 732. The molecule has 3 aliphatic rings. The number of halogens is 1. The van der Waals surface area contributed by atoms with Gasteiger partial charge < -0.3 is 4.74 Å². The normalized spacial score (nSPS) is 32.0. The van der Waals surface area contributed by atoms with Gasteiger partial charge in [0.25, 0.3) is 5.69 Å². The molecule has 4 rings (SSSR count). The van der Waals surface area contributed by atoms with Crippen LogP contribution < -0.4 is 4.90 Å². The fraction of sp³-hybridized carbons (Fsp3) is 0.286. The van der Waals surface area contributed by atoms with Gasteiger partial charge in [-0.1, -0.05) is 23.8 Å². The molecule has 2 bridgehead atoms. The highest BCUT2D eigenvalue weighted by atomic mass is 35.5. The van der Waals surface area contributed by atoms with Crippen LogP contribution in [0.5, 0.6) is 0 Å². The third-order valence-electron chi connectivity index (χ3n) is 4.29. The lowest BCUT2D eigenvalue weighted by Gasteiger charge is -2.17. The number of nitro benzene ring substituents is 1. The molecule has 0 saturated carbocycles. The van der Waals surface area contributed by atoms with Gasteiger partial charge in [0.1, 0.15) is 5.69 Å². The first-order valence-corrected chi connectivity index (χ1v) is 7.02. The van der Waals surface area contributed by atoms with Gasteiger partial charge in [-0.2, -0.15) is 0 Å². The maximum absolute atomic E-state index is 12.6. The van der Waals surface area contributed by atoms with Crippen LogP contribution >= 0.6 is 11.6 Å². The van der Waals surface area contributed by atoms with E-state index < -0.39 is 40.8 Å². The first kappa shape index (κ1) is 13.4. The van der Waals surface area contributed by atoms with Crippen LogP contribution in [0.25, 0.3) is 0 Å². The van der Waals surface area contributed by atoms with Crippen molar-refractivity contribution in [3.05, 3.63) is 45.5 Å². The number of carbonyl (C=O) groups excluding carboxylic acids is 2. The molecule has 0 N–H and O–H groups in total. The second-order valence-corrected chi connectivity index (χ2v) is 5.84. The van der Waals surface area contributed by atoms with Gasteiger partial charge in [-0.05, 0) is 12.1 Å². The molecule has 1 aromatic rings. The van der Waals surface area contributed by atoms with Gasteiger partial charge in [0.15, 0.2) is 0 Å². The molecule has 8 heteroatoms. The number of carbonyl (C=O) groups is 2. The molecule has 2 saturated heterocycles. The minimum absolute atomic E-state index is 0.0433. The number of nitrogens with zero attached hydrogens (tertiary/aromatic N) is 2. The first-order valence-electron chi connectivity index (χ1n) is 6.64. The zero-order chi connectivity index (χ0) is 15.6. The van der Waals surface area contributed by atoms with Gasteiger partial charge in [-0.15, -0.1) is 0 Å². The van der Waals surface area contributed by atoms with E-state index >= 15 is 0 Å². The van der Waals surface area contributed by atoms with E-state index in [1.54, 1.807) is 12.2 Å². The quantitative estimate of drug-likeness (QED) is 0.358. The number of amides is 2. The lowest BCUT2D eigenvalue weighted by molar-refractivity contribution is -0.384. The van der Waals surface area contributed by atoms with Crippen molar-refractivity contribution in [2.75, 3.05) is 4.90 Å². The number of benzene rings is 1. The molecule has 112 valence electrons. The molecule has 22 heavy (non-hydrogen) atoms. The number of imide groups is 1. The monoisotopic (exact) mass is 320 g/mol. The molecular formula is C14H9ClN2O5. The SMILES string of the molecule is O=C1[C@H]2[C@H](C(=O)N1c1ccc(Cl)cc1[N+](=O)[O-])[C@H]1C=C[C@H]2O1. The van der Waals surface area contributed by atoms with Crippen LogP contribution in [0.2, 0.25) is 5.02 Å². The molecule has 3 aliphatic heterocycles. The molecule has 0 radical (unpaired) electrons. The number of fused-ring (bicyclic) bond motifs is 5. The highest BCUT2D eigenvalue weighted by Crippen LogP contribution is 2.47. The van der Waals surface area contributed by atoms with Crippen molar-refractivity contribution in [2.45, 2.75) is 12.2 Å². The Hall–Kier alpha value is -2.25. The van der Waals surface area contributed by atoms with Crippen LogP contribution in [0.4, 0.5) is 11.4 Å². The Morgan fingerprint density at radius 1 is 1.14 bits per heavy atom. The highest BCUT2D eigenvalue weighted by molar-refractivity contribution is 6.31. The number of hydrogen-bond acceptors (Lipinski definition) is 5. The van der Waals surface area contributed by atoms with E-state index in [0.717, 1.165) is 11.0 Å². The second kappa shape index (κ2) is 4.37. The van der Waals surface area contributed by atoms with Crippen LogP contribution in [-0.2, 0) is 14.3 Å². The number of nitro groups is 1. The average molecular weight is 321 g/mol. The highest BCUT2D eigenvalue weighted by Gasteiger charge is 2.61. The Morgan fingerprint density at radius 2 is 1.73 bits per heavy atom. The van der Waals surface area contributed by atoms with Crippen LogP contribution in [0, 0.1) is 22.0 Å². The van der Waals surface area contributed by atoms with Gasteiger partial charge in [-0.3, -0.25) is 19.7 Å². The van der Waals surface area contributed by atoms with E-state index in [1.165, 1.54) is 12.1 Å². The smallest absolute Gasteiger partial charge is 0.294 e. The van der Waals surface area contributed by atoms with Crippen molar-refractivity contribution >= 4 is 34.8 Å². The molecular weight excluding hydrogens is 312 g/mol. The average Bonchev–Trinajstić information content (AvgIpc) is 3.14. The second-order valence-electron chi connectivity index (χ2n) is 5.40. The van der Waals surface area contributed by atoms with Gasteiger partial charge in [0, 0.05) is 11.1 Å². The van der Waals surface area contributed by atoms with Crippen LogP contribution in [0.3, 0.4) is 0 Å². The molecule has 2 fully saturated rings. The summed E-state index contributed by atoms with van der Waals surface area (Å²) >= 11 is 5.77. The van der Waals surface area contributed by atoms with E-state index in [-0.39, 0.29) is 16.4 Å². The van der Waals surface area contributed by atoms with Crippen molar-refractivity contribution in [1.82, 2.24) is 0 Å². The summed E-state index contributed by atoms with van der Waals surface area (Å²) in [5.74, 6) is -2.12. The van der Waals surface area contributed by atoms with Gasteiger partial charge in [0.05, 0.1) is 29.0 Å². The van der Waals surface area contributed by atoms with Crippen LogP contribution in [0.15, 0.2) is 30.4 Å². The fourth-order valence-electron chi connectivity index (χ4n) is 3.37. The summed E-state index contributed by atoms with van der Waals surface area (Å²) in [6.45, 7) is 0. The molecule has 0 aliphatic carbocycles. The van der Waals surface area contributed by atoms with E-state index in [2.05, 4.69) is 0 Å². The maximum atomic E-state index is 12.6. The molecule has 3 heterocycles. The van der Waals surface area contributed by atoms with Crippen molar-refractivity contribution in [3.63, 3.8) is 0 Å². The Morgan fingerprint density at radius 3 is 2.27 bits per heavy atom. The summed E-state index contributed by atoms with van der Waals surface area (Å²) < 4.78 is 5.53. The molecule has 7 nitrogen and oxygen atoms in total. The molecule has 2 amide bonds. The van der Waals surface area contributed by atoms with E-state index in [9.17, 15) is 19.7 Å². The summed E-state index contributed by atoms with van der Waals surface area (Å²) in [6, 6.07) is 3.88. The van der Waals surface area contributed by atoms with E-state index in [4.69, 9.17) is 16.3 Å². The van der Waals surface area contributed by atoms with Gasteiger partial charge in [0.2, 0.25) is 11.8 Å². The van der Waals surface area contributed by atoms with Crippen molar-refractivity contribution < 1.29 is 19.2 Å². The van der Waals surface area contributed by atoms with Crippen molar-refractivity contribution in [2.24, 2.45) is 11.8 Å². The van der Waals surface area contributed by atoms with E-state index in [1.807, 2.05) is 0 Å². The summed E-state index contributed by atoms with van der Waals surface area (Å²) in [6.07, 6.45) is 2.67. The van der Waals surface area contributed by atoms with E-state index in [0.29, 0.717) is 0 Å². The molecule has 4 atom stereocenters. The molecule has 0 aromatic heterocycles. The standard InChI is InChI=1S/C14H9ClN2O5/c15-6-1-2-7(8(5-6)17(20)21)16-13(18)11-9-3-4-10(22-9)12(11)14(16)19/h1-5,9-12H/t9-,10-,11-,12-/m1/s1. The topological polar surface area (TPSA) is 89.8 Å². The molecule has 0 unspecified atom stereocenters. The van der Waals surface area contributed by atoms with Gasteiger partial charge >= 0.3 is 0 Å². The lowest BCUT2D eigenvalue weighted by atomic mass is 9.85. The van der Waals surface area contributed by atoms with Crippen molar-refractivity contribution in [1.29, 1.82) is 0 Å². The lowest BCUT2D eigenvalue weighted by Crippen LogP contribution is -2.34. The zero-order valence-electron chi connectivity index (χ0n) is 11.0. The fourth-order valence-corrected chi connectivity index (χ4v) is 3.54. The Balaban J connectivity index is 1.81. The zero-order valence-corrected chi connectivity index (χ0v) is 11.8. The number of anilines is 1. The predicted molar refractivity (Wildman–Crippen MR) is 75.4 cm³/mol. The molecule has 0 spiro atoms. The van der Waals surface area contributed by atoms with Crippen molar-refractivity contribution in [3.8, 4) is 0 Å². The number of ether oxygens (including phenoxy) is 1. The van der Waals surface area contributed by atoms with Crippen LogP contribution in [0.1, 0.15) is 0 Å². The third kappa shape index (κ3) is 1.60. The van der Waals surface area contributed by atoms with Gasteiger partial charge in [-0.25, -0.2) is 4.90 Å². The number of hydrogen-bond donors (Lipinski definition) is 0. The predicted octanol–water partition coefficient (Wildman–Crippen LogP) is 1.69. The minimum atomic E-state index is -0.654. The maximum Gasteiger partial charge on any atom is 0.294 e. The Kier molecular flexibility index (Phi) is 2.67. The minimum Gasteiger partial charge on any atom is -0.365 e. The summed E-state index contributed by atoms with van der Waals surface area (Å²) in [5, 5.41) is 11.4. The van der Waals surface area contributed by atoms with Crippen LogP contribution in [-0.4, -0.2) is 28.9 Å². The largest absolute Gasteiger partial charge is 0.365 e. The number of rotatable bonds is 2. The first-order chi connectivity index (χ1) is 10.5. The summed E-state index contributed by atoms with van der Waals surface area (Å²) in [5.41, 5.74) is -0.409. The summed E-state index contributed by atoms with van der Waals surface area (Å²) in [4.78, 5) is 36.6. The summed E-state index contributed by atoms with van der Waals surface area (Å²) in [7, 11) is 0. The third-order valence-corrected chi connectivity index (χ3v) is 4.52.